The summed E-state index contributed by atoms with van der Waals surface area (Å²) in [5, 5.41) is 0. The summed E-state index contributed by atoms with van der Waals surface area (Å²) in [5.74, 6) is 0.928. The Balaban J connectivity index is 1.30. The standard InChI is InChI=1S/C25H38N2O3/c1-2-17-29-24-11-6-14-27(19-24)25(28)20-7-5-10-23(18-20)30-22-12-15-26(16-13-22)21-8-3-4-9-21/h5,7,10,18,21-22,24H,2-4,6,8-9,11-17,19H2,1H3/t24-/m0/s1. The molecule has 3 fully saturated rings. The molecular weight excluding hydrogens is 376 g/mol. The van der Waals surface area contributed by atoms with E-state index in [0.717, 1.165) is 75.7 Å². The van der Waals surface area contributed by atoms with E-state index in [2.05, 4.69) is 11.8 Å². The van der Waals surface area contributed by atoms with Crippen molar-refractivity contribution in [3.05, 3.63) is 29.8 Å². The number of ether oxygens (including phenoxy) is 2. The fourth-order valence-corrected chi connectivity index (χ4v) is 5.25. The highest BCUT2D eigenvalue weighted by atomic mass is 16.5. The molecule has 2 saturated heterocycles. The maximum absolute atomic E-state index is 13.1. The first-order chi connectivity index (χ1) is 14.7. The van der Waals surface area contributed by atoms with Crippen LogP contribution in [-0.4, -0.2) is 66.7 Å². The summed E-state index contributed by atoms with van der Waals surface area (Å²) in [7, 11) is 0. The van der Waals surface area contributed by atoms with E-state index in [0.29, 0.717) is 6.54 Å². The maximum atomic E-state index is 13.1. The number of carbonyl (C=O) groups is 1. The van der Waals surface area contributed by atoms with Gasteiger partial charge in [-0.3, -0.25) is 4.79 Å². The smallest absolute Gasteiger partial charge is 0.254 e. The molecule has 4 rings (SSSR count). The maximum Gasteiger partial charge on any atom is 0.254 e. The third-order valence-corrected chi connectivity index (χ3v) is 6.92. The summed E-state index contributed by atoms with van der Waals surface area (Å²) >= 11 is 0. The van der Waals surface area contributed by atoms with Gasteiger partial charge in [0.2, 0.25) is 0 Å². The summed E-state index contributed by atoms with van der Waals surface area (Å²) in [5.41, 5.74) is 0.729. The van der Waals surface area contributed by atoms with Crippen molar-refractivity contribution in [2.75, 3.05) is 32.8 Å². The predicted octanol–water partition coefficient (Wildman–Crippen LogP) is 4.50. The lowest BCUT2D eigenvalue weighted by molar-refractivity contribution is 0.00209. The van der Waals surface area contributed by atoms with Gasteiger partial charge < -0.3 is 19.3 Å². The van der Waals surface area contributed by atoms with Gasteiger partial charge in [-0.05, 0) is 63.1 Å². The van der Waals surface area contributed by atoms with Crippen molar-refractivity contribution in [1.29, 1.82) is 0 Å². The van der Waals surface area contributed by atoms with Crippen LogP contribution in [0.4, 0.5) is 0 Å². The highest BCUT2D eigenvalue weighted by Gasteiger charge is 2.28. The molecule has 0 unspecified atom stereocenters. The van der Waals surface area contributed by atoms with E-state index in [1.807, 2.05) is 29.2 Å². The number of nitrogens with zero attached hydrogens (tertiary/aromatic N) is 2. The first kappa shape index (κ1) is 21.6. The van der Waals surface area contributed by atoms with Crippen LogP contribution in [0.5, 0.6) is 5.75 Å². The molecule has 0 bridgehead atoms. The fourth-order valence-electron chi connectivity index (χ4n) is 5.25. The first-order valence-corrected chi connectivity index (χ1v) is 12.1. The van der Waals surface area contributed by atoms with Crippen LogP contribution in [-0.2, 0) is 4.74 Å². The molecule has 166 valence electrons. The van der Waals surface area contributed by atoms with Crippen molar-refractivity contribution < 1.29 is 14.3 Å². The number of hydrogen-bond acceptors (Lipinski definition) is 4. The molecule has 1 saturated carbocycles. The molecule has 0 aromatic heterocycles. The average molecular weight is 415 g/mol. The van der Waals surface area contributed by atoms with E-state index < -0.39 is 0 Å². The van der Waals surface area contributed by atoms with Gasteiger partial charge in [0.15, 0.2) is 0 Å². The first-order valence-electron chi connectivity index (χ1n) is 12.1. The van der Waals surface area contributed by atoms with Gasteiger partial charge in [0, 0.05) is 44.4 Å². The molecule has 3 aliphatic rings. The van der Waals surface area contributed by atoms with Crippen molar-refractivity contribution in [2.45, 2.75) is 83.0 Å². The number of amides is 1. The minimum Gasteiger partial charge on any atom is -0.490 e. The van der Waals surface area contributed by atoms with Gasteiger partial charge in [0.25, 0.3) is 5.91 Å². The van der Waals surface area contributed by atoms with Crippen molar-refractivity contribution in [2.24, 2.45) is 0 Å². The number of rotatable bonds is 7. The van der Waals surface area contributed by atoms with E-state index in [9.17, 15) is 4.79 Å². The van der Waals surface area contributed by atoms with E-state index in [-0.39, 0.29) is 18.1 Å². The van der Waals surface area contributed by atoms with Crippen molar-refractivity contribution in [3.63, 3.8) is 0 Å². The highest BCUT2D eigenvalue weighted by Crippen LogP contribution is 2.28. The molecule has 5 nitrogen and oxygen atoms in total. The second-order valence-electron chi connectivity index (χ2n) is 9.21. The molecule has 0 radical (unpaired) electrons. The molecule has 30 heavy (non-hydrogen) atoms. The molecule has 1 amide bonds. The van der Waals surface area contributed by atoms with Crippen molar-refractivity contribution in [1.82, 2.24) is 9.80 Å². The van der Waals surface area contributed by atoms with Crippen molar-refractivity contribution in [3.8, 4) is 5.75 Å². The van der Waals surface area contributed by atoms with Gasteiger partial charge in [-0.1, -0.05) is 25.8 Å². The van der Waals surface area contributed by atoms with Crippen LogP contribution in [0.25, 0.3) is 0 Å². The Morgan fingerprint density at radius 1 is 1.00 bits per heavy atom. The largest absolute Gasteiger partial charge is 0.490 e. The second-order valence-corrected chi connectivity index (χ2v) is 9.21. The van der Waals surface area contributed by atoms with Crippen LogP contribution >= 0.6 is 0 Å². The molecule has 1 aliphatic carbocycles. The van der Waals surface area contributed by atoms with Crippen LogP contribution < -0.4 is 4.74 Å². The average Bonchev–Trinajstić information content (AvgIpc) is 3.33. The van der Waals surface area contributed by atoms with E-state index in [1.165, 1.54) is 25.7 Å². The quantitative estimate of drug-likeness (QED) is 0.659. The summed E-state index contributed by atoms with van der Waals surface area (Å²) < 4.78 is 12.2. The van der Waals surface area contributed by atoms with Gasteiger partial charge in [-0.2, -0.15) is 0 Å². The lowest BCUT2D eigenvalue weighted by Gasteiger charge is -2.36. The minimum atomic E-state index is 0.0984. The Bertz CT molecular complexity index is 681. The Kier molecular flexibility index (Phi) is 7.67. The van der Waals surface area contributed by atoms with E-state index in [4.69, 9.17) is 9.47 Å². The molecule has 5 heteroatoms. The Morgan fingerprint density at radius 3 is 2.57 bits per heavy atom. The molecule has 0 spiro atoms. The summed E-state index contributed by atoms with van der Waals surface area (Å²) in [4.78, 5) is 17.7. The number of likely N-dealkylation sites (tertiary alicyclic amines) is 2. The van der Waals surface area contributed by atoms with Crippen LogP contribution in [0.3, 0.4) is 0 Å². The molecule has 2 aliphatic heterocycles. The zero-order chi connectivity index (χ0) is 20.8. The molecular formula is C25H38N2O3. The van der Waals surface area contributed by atoms with Gasteiger partial charge in [0.1, 0.15) is 11.9 Å². The monoisotopic (exact) mass is 414 g/mol. The summed E-state index contributed by atoms with van der Waals surface area (Å²) in [6.07, 6.45) is 11.2. The molecule has 1 aromatic rings. The van der Waals surface area contributed by atoms with Crippen molar-refractivity contribution >= 4 is 5.91 Å². The Morgan fingerprint density at radius 2 is 1.80 bits per heavy atom. The SMILES string of the molecule is CCCO[C@H]1CCCN(C(=O)c2cccc(OC3CCN(C4CCCC4)CC3)c2)C1. The van der Waals surface area contributed by atoms with Gasteiger partial charge in [-0.15, -0.1) is 0 Å². The third kappa shape index (κ3) is 5.55. The van der Waals surface area contributed by atoms with Gasteiger partial charge in [0.05, 0.1) is 6.10 Å². The zero-order valence-corrected chi connectivity index (χ0v) is 18.6. The number of benzene rings is 1. The summed E-state index contributed by atoms with van der Waals surface area (Å²) in [6, 6.07) is 8.59. The number of hydrogen-bond donors (Lipinski definition) is 0. The number of piperidine rings is 2. The zero-order valence-electron chi connectivity index (χ0n) is 18.6. The Hall–Kier alpha value is -1.59. The van der Waals surface area contributed by atoms with Crippen LogP contribution in [0.2, 0.25) is 0 Å². The number of carbonyl (C=O) groups excluding carboxylic acids is 1. The van der Waals surface area contributed by atoms with Gasteiger partial charge >= 0.3 is 0 Å². The normalized spacial score (nSPS) is 24.3. The third-order valence-electron chi connectivity index (χ3n) is 6.92. The second kappa shape index (κ2) is 10.6. The Labute approximate surface area is 181 Å². The molecule has 0 N–H and O–H groups in total. The minimum absolute atomic E-state index is 0.0984. The topological polar surface area (TPSA) is 42.0 Å². The molecule has 2 heterocycles. The van der Waals surface area contributed by atoms with Crippen LogP contribution in [0.1, 0.15) is 75.1 Å². The lowest BCUT2D eigenvalue weighted by Crippen LogP contribution is -2.43. The lowest BCUT2D eigenvalue weighted by atomic mass is 10.0. The summed E-state index contributed by atoms with van der Waals surface area (Å²) in [6.45, 7) is 6.69. The van der Waals surface area contributed by atoms with Gasteiger partial charge in [-0.25, -0.2) is 0 Å². The van der Waals surface area contributed by atoms with E-state index >= 15 is 0 Å². The van der Waals surface area contributed by atoms with Crippen LogP contribution in [0.15, 0.2) is 24.3 Å². The van der Waals surface area contributed by atoms with E-state index in [1.54, 1.807) is 0 Å². The fraction of sp³-hybridized carbons (Fsp3) is 0.720. The molecule has 1 aromatic carbocycles. The highest BCUT2D eigenvalue weighted by molar-refractivity contribution is 5.94. The van der Waals surface area contributed by atoms with Crippen LogP contribution in [0, 0.1) is 0 Å². The predicted molar refractivity (Wildman–Crippen MR) is 119 cm³/mol. The molecule has 1 atom stereocenters.